The van der Waals surface area contributed by atoms with E-state index in [4.69, 9.17) is 4.52 Å². The Hall–Kier alpha value is 0.110. The topological polar surface area (TPSA) is 60.6 Å². The minimum atomic E-state index is -3.30. The zero-order valence-corrected chi connectivity index (χ0v) is 8.87. The van der Waals surface area contributed by atoms with Crippen LogP contribution < -0.4 is 5.32 Å². The van der Waals surface area contributed by atoms with Gasteiger partial charge in [-0.3, -0.25) is 4.57 Å². The van der Waals surface area contributed by atoms with Gasteiger partial charge in [-0.15, -0.1) is 0 Å². The Kier molecular flexibility index (Phi) is 4.39. The van der Waals surface area contributed by atoms with Crippen LogP contribution in [0.4, 0.5) is 0 Å². The fourth-order valence-corrected chi connectivity index (χ4v) is 3.09. The predicted molar refractivity (Wildman–Crippen MR) is 50.9 cm³/mol. The van der Waals surface area contributed by atoms with Crippen molar-refractivity contribution in [3.63, 3.8) is 0 Å². The Morgan fingerprint density at radius 1 is 1.54 bits per heavy atom. The van der Waals surface area contributed by atoms with E-state index in [1.165, 1.54) is 0 Å². The third kappa shape index (κ3) is 4.23. The van der Waals surface area contributed by atoms with E-state index >= 15 is 0 Å². The summed E-state index contributed by atoms with van der Waals surface area (Å²) in [5.41, 5.74) is 0. The van der Waals surface area contributed by atoms with Crippen molar-refractivity contribution >= 4 is 7.60 Å². The molecule has 13 heavy (non-hydrogen) atoms. The van der Waals surface area contributed by atoms with Crippen LogP contribution in [0.15, 0.2) is 0 Å². The molecular weight excluding hydrogens is 189 g/mol. The maximum atomic E-state index is 11.4. The molecule has 0 saturated carbocycles. The summed E-state index contributed by atoms with van der Waals surface area (Å²) in [6, 6.07) is 0. The van der Waals surface area contributed by atoms with Gasteiger partial charge >= 0.3 is 7.60 Å². The van der Waals surface area contributed by atoms with Gasteiger partial charge in [0.05, 0.1) is 12.8 Å². The molecule has 0 aromatic carbocycles. The van der Waals surface area contributed by atoms with Crippen LogP contribution in [0, 0.1) is 5.92 Å². The lowest BCUT2D eigenvalue weighted by molar-refractivity contribution is 0.262. The molecule has 1 rings (SSSR count). The molecule has 1 atom stereocenters. The van der Waals surface area contributed by atoms with Crippen molar-refractivity contribution in [1.29, 1.82) is 0 Å². The van der Waals surface area contributed by atoms with E-state index in [0.717, 1.165) is 25.9 Å². The van der Waals surface area contributed by atoms with E-state index in [2.05, 4.69) is 5.32 Å². The molecular formula is C8H17NO3P. The minimum absolute atomic E-state index is 0.302. The highest BCUT2D eigenvalue weighted by Crippen LogP contribution is 2.44. The first-order valence-electron chi connectivity index (χ1n) is 4.73. The number of rotatable bonds is 4. The SMILES string of the molecule is CCOP(=O)(O)CC1CC[N]CC1. The third-order valence-electron chi connectivity index (χ3n) is 2.21. The van der Waals surface area contributed by atoms with Crippen molar-refractivity contribution in [3.8, 4) is 0 Å². The molecule has 0 amide bonds. The maximum Gasteiger partial charge on any atom is 0.328 e. The molecule has 1 aliphatic heterocycles. The molecule has 1 aliphatic rings. The predicted octanol–water partition coefficient (Wildman–Crippen LogP) is 1.22. The second-order valence-electron chi connectivity index (χ2n) is 3.35. The van der Waals surface area contributed by atoms with Gasteiger partial charge in [-0.2, -0.15) is 0 Å². The van der Waals surface area contributed by atoms with Gasteiger partial charge in [0.2, 0.25) is 0 Å². The van der Waals surface area contributed by atoms with Crippen LogP contribution in [0.1, 0.15) is 19.8 Å². The van der Waals surface area contributed by atoms with Gasteiger partial charge in [-0.1, -0.05) is 0 Å². The molecule has 0 aliphatic carbocycles. The fourth-order valence-electron chi connectivity index (χ4n) is 1.57. The van der Waals surface area contributed by atoms with Crippen molar-refractivity contribution in [3.05, 3.63) is 0 Å². The van der Waals surface area contributed by atoms with E-state index in [0.29, 0.717) is 18.7 Å². The second kappa shape index (κ2) is 5.11. The third-order valence-corrected chi connectivity index (χ3v) is 3.85. The summed E-state index contributed by atoms with van der Waals surface area (Å²) < 4.78 is 16.2. The van der Waals surface area contributed by atoms with Crippen molar-refractivity contribution in [2.75, 3.05) is 25.9 Å². The smallest absolute Gasteiger partial charge is 0.324 e. The molecule has 5 heteroatoms. The molecule has 0 spiro atoms. The molecule has 0 aromatic heterocycles. The fraction of sp³-hybridized carbons (Fsp3) is 1.00. The summed E-state index contributed by atoms with van der Waals surface area (Å²) in [6.45, 7) is 3.71. The Morgan fingerprint density at radius 3 is 2.69 bits per heavy atom. The summed E-state index contributed by atoms with van der Waals surface area (Å²) in [5.74, 6) is 0.319. The van der Waals surface area contributed by atoms with Crippen molar-refractivity contribution < 1.29 is 14.0 Å². The Labute approximate surface area is 79.2 Å². The van der Waals surface area contributed by atoms with Crippen LogP contribution in [0.2, 0.25) is 0 Å². The largest absolute Gasteiger partial charge is 0.328 e. The van der Waals surface area contributed by atoms with Crippen molar-refractivity contribution in [1.82, 2.24) is 5.32 Å². The zero-order chi connectivity index (χ0) is 9.73. The Morgan fingerprint density at radius 2 is 2.15 bits per heavy atom. The van der Waals surface area contributed by atoms with E-state index in [1.807, 2.05) is 0 Å². The monoisotopic (exact) mass is 206 g/mol. The highest BCUT2D eigenvalue weighted by molar-refractivity contribution is 7.52. The second-order valence-corrected chi connectivity index (χ2v) is 5.25. The van der Waals surface area contributed by atoms with Gasteiger partial charge in [0.25, 0.3) is 0 Å². The highest BCUT2D eigenvalue weighted by Gasteiger charge is 2.25. The number of piperidine rings is 1. The summed E-state index contributed by atoms with van der Waals surface area (Å²) in [5, 5.41) is 4.19. The molecule has 0 bridgehead atoms. The molecule has 77 valence electrons. The van der Waals surface area contributed by atoms with Crippen LogP contribution in [0.25, 0.3) is 0 Å². The van der Waals surface area contributed by atoms with Crippen LogP contribution >= 0.6 is 7.60 Å². The zero-order valence-electron chi connectivity index (χ0n) is 7.98. The van der Waals surface area contributed by atoms with E-state index < -0.39 is 7.60 Å². The van der Waals surface area contributed by atoms with E-state index in [9.17, 15) is 9.46 Å². The summed E-state index contributed by atoms with van der Waals surface area (Å²) in [7, 11) is -3.30. The van der Waals surface area contributed by atoms with Gasteiger partial charge in [0, 0.05) is 13.1 Å². The lowest BCUT2D eigenvalue weighted by atomic mass is 10.0. The first kappa shape index (κ1) is 11.2. The van der Waals surface area contributed by atoms with Crippen LogP contribution in [0.3, 0.4) is 0 Å². The molecule has 1 unspecified atom stereocenters. The van der Waals surface area contributed by atoms with Crippen molar-refractivity contribution in [2.45, 2.75) is 19.8 Å². The number of hydrogen-bond acceptors (Lipinski definition) is 2. The van der Waals surface area contributed by atoms with Gasteiger partial charge < -0.3 is 9.42 Å². The maximum absolute atomic E-state index is 11.4. The molecule has 1 fully saturated rings. The average Bonchev–Trinajstić information content (AvgIpc) is 2.04. The summed E-state index contributed by atoms with van der Waals surface area (Å²) in [4.78, 5) is 9.37. The minimum Gasteiger partial charge on any atom is -0.324 e. The lowest BCUT2D eigenvalue weighted by Gasteiger charge is -2.23. The van der Waals surface area contributed by atoms with Gasteiger partial charge in [0.15, 0.2) is 0 Å². The molecule has 4 nitrogen and oxygen atoms in total. The first-order chi connectivity index (χ1) is 6.14. The standard InChI is InChI=1S/C8H17NO3P/c1-2-12-13(10,11)7-8-3-5-9-6-4-8/h8H,2-7H2,1H3,(H,10,11). The highest BCUT2D eigenvalue weighted by atomic mass is 31.2. The average molecular weight is 206 g/mol. The summed E-state index contributed by atoms with van der Waals surface area (Å²) in [6.07, 6.45) is 2.16. The molecule has 0 aromatic rings. The van der Waals surface area contributed by atoms with Crippen molar-refractivity contribution in [2.24, 2.45) is 5.92 Å². The molecule has 1 heterocycles. The Bertz CT molecular complexity index is 192. The van der Waals surface area contributed by atoms with Gasteiger partial charge in [-0.25, -0.2) is 5.32 Å². The van der Waals surface area contributed by atoms with Crippen LogP contribution in [-0.2, 0) is 9.09 Å². The quantitative estimate of drug-likeness (QED) is 0.703. The Balaban J connectivity index is 2.32. The first-order valence-corrected chi connectivity index (χ1v) is 6.50. The summed E-state index contributed by atoms with van der Waals surface area (Å²) >= 11 is 0. The van der Waals surface area contributed by atoms with Gasteiger partial charge in [0.1, 0.15) is 0 Å². The number of nitrogens with zero attached hydrogens (tertiary/aromatic N) is 1. The molecule has 1 radical (unpaired) electrons. The molecule has 1 saturated heterocycles. The van der Waals surface area contributed by atoms with E-state index in [-0.39, 0.29) is 0 Å². The van der Waals surface area contributed by atoms with E-state index in [1.54, 1.807) is 6.92 Å². The van der Waals surface area contributed by atoms with Crippen LogP contribution in [0.5, 0.6) is 0 Å². The normalized spacial score (nSPS) is 24.2. The van der Waals surface area contributed by atoms with Gasteiger partial charge in [-0.05, 0) is 25.7 Å². The molecule has 1 N–H and O–H groups in total. The lowest BCUT2D eigenvalue weighted by Crippen LogP contribution is -2.24. The van der Waals surface area contributed by atoms with Crippen LogP contribution in [-0.4, -0.2) is 30.8 Å². The number of hydrogen-bond donors (Lipinski definition) is 1.